The largest absolute Gasteiger partial charge is 0.366 e. The zero-order chi connectivity index (χ0) is 16.9. The van der Waals surface area contributed by atoms with Gasteiger partial charge in [-0.15, -0.1) is 11.8 Å². The van der Waals surface area contributed by atoms with Gasteiger partial charge in [0.15, 0.2) is 0 Å². The summed E-state index contributed by atoms with van der Waals surface area (Å²) in [5.74, 6) is 1.85. The molecule has 0 aromatic heterocycles. The Balaban J connectivity index is 1.52. The molecule has 1 heterocycles. The van der Waals surface area contributed by atoms with Crippen molar-refractivity contribution in [2.75, 3.05) is 12.3 Å². The number of rotatable bonds is 5. The summed E-state index contributed by atoms with van der Waals surface area (Å²) in [5.41, 5.74) is 6.88. The molecule has 1 aromatic carbocycles. The highest BCUT2D eigenvalue weighted by atomic mass is 32.2. The quantitative estimate of drug-likeness (QED) is 0.890. The molecular weight excluding hydrogens is 320 g/mol. The highest BCUT2D eigenvalue weighted by Crippen LogP contribution is 2.35. The Morgan fingerprint density at radius 3 is 2.79 bits per heavy atom. The molecule has 1 aliphatic carbocycles. The zero-order valence-electron chi connectivity index (χ0n) is 14.1. The number of benzene rings is 1. The summed E-state index contributed by atoms with van der Waals surface area (Å²) in [4.78, 5) is 26.0. The van der Waals surface area contributed by atoms with E-state index in [0.29, 0.717) is 17.4 Å². The number of carbonyl (C=O) groups is 2. The first-order valence-electron chi connectivity index (χ1n) is 8.91. The standard InChI is InChI=1S/C19H26N2O2S/c20-19(23)16-7-3-5-14(11-16)12-24-13-18(22)21-10-4-8-15-6-1-2-9-17(15)21/h3,5,7,11,15,17H,1-2,4,6,8-10,12-13H2,(H2,20,23)/t15-,17+/m0/s1. The van der Waals surface area contributed by atoms with E-state index in [1.165, 1.54) is 32.1 Å². The minimum absolute atomic E-state index is 0.280. The number of primary amides is 1. The van der Waals surface area contributed by atoms with E-state index in [1.807, 2.05) is 18.2 Å². The summed E-state index contributed by atoms with van der Waals surface area (Å²) in [7, 11) is 0. The lowest BCUT2D eigenvalue weighted by atomic mass is 9.78. The van der Waals surface area contributed by atoms with Crippen LogP contribution in [0.3, 0.4) is 0 Å². The third kappa shape index (κ3) is 4.12. The van der Waals surface area contributed by atoms with Crippen LogP contribution in [-0.4, -0.2) is 35.1 Å². The van der Waals surface area contributed by atoms with Crippen LogP contribution >= 0.6 is 11.8 Å². The Morgan fingerprint density at radius 2 is 1.96 bits per heavy atom. The van der Waals surface area contributed by atoms with Gasteiger partial charge in [0.2, 0.25) is 11.8 Å². The zero-order valence-corrected chi connectivity index (χ0v) is 14.9. The van der Waals surface area contributed by atoms with E-state index in [-0.39, 0.29) is 5.91 Å². The van der Waals surface area contributed by atoms with Crippen LogP contribution in [0.5, 0.6) is 0 Å². The van der Waals surface area contributed by atoms with Crippen molar-refractivity contribution in [1.29, 1.82) is 0 Å². The van der Waals surface area contributed by atoms with Crippen LogP contribution in [0.15, 0.2) is 24.3 Å². The van der Waals surface area contributed by atoms with Crippen molar-refractivity contribution in [3.63, 3.8) is 0 Å². The number of hydrogen-bond acceptors (Lipinski definition) is 3. The number of likely N-dealkylation sites (tertiary alicyclic amines) is 1. The molecule has 130 valence electrons. The minimum Gasteiger partial charge on any atom is -0.366 e. The first-order chi connectivity index (χ1) is 11.6. The number of hydrogen-bond donors (Lipinski definition) is 1. The van der Waals surface area contributed by atoms with E-state index < -0.39 is 5.91 Å². The molecule has 2 atom stereocenters. The van der Waals surface area contributed by atoms with Gasteiger partial charge in [0.25, 0.3) is 0 Å². The third-order valence-electron chi connectivity index (χ3n) is 5.27. The van der Waals surface area contributed by atoms with Crippen LogP contribution in [0, 0.1) is 5.92 Å². The SMILES string of the molecule is NC(=O)c1cccc(CSCC(=O)N2CCC[C@@H]3CCCC[C@H]32)c1. The molecule has 2 fully saturated rings. The first-order valence-corrected chi connectivity index (χ1v) is 10.1. The minimum atomic E-state index is -0.408. The van der Waals surface area contributed by atoms with Crippen molar-refractivity contribution in [3.05, 3.63) is 35.4 Å². The second-order valence-electron chi connectivity index (χ2n) is 6.90. The maximum Gasteiger partial charge on any atom is 0.248 e. The van der Waals surface area contributed by atoms with Gasteiger partial charge < -0.3 is 10.6 Å². The molecule has 1 saturated carbocycles. The molecule has 1 aromatic rings. The molecule has 1 aliphatic heterocycles. The number of thioether (sulfide) groups is 1. The highest BCUT2D eigenvalue weighted by molar-refractivity contribution is 7.99. The number of piperidine rings is 1. The molecule has 24 heavy (non-hydrogen) atoms. The van der Waals surface area contributed by atoms with Crippen molar-refractivity contribution in [3.8, 4) is 0 Å². The topological polar surface area (TPSA) is 63.4 Å². The van der Waals surface area contributed by atoms with E-state index in [4.69, 9.17) is 5.73 Å². The van der Waals surface area contributed by atoms with Gasteiger partial charge in [0, 0.05) is 23.9 Å². The summed E-state index contributed by atoms with van der Waals surface area (Å²) >= 11 is 1.62. The van der Waals surface area contributed by atoms with Crippen LogP contribution in [0.1, 0.15) is 54.4 Å². The molecule has 1 saturated heterocycles. The lowest BCUT2D eigenvalue weighted by Crippen LogP contribution is -2.50. The van der Waals surface area contributed by atoms with Gasteiger partial charge in [-0.1, -0.05) is 25.0 Å². The smallest absolute Gasteiger partial charge is 0.248 e. The van der Waals surface area contributed by atoms with Gasteiger partial charge in [0.1, 0.15) is 0 Å². The van der Waals surface area contributed by atoms with Crippen LogP contribution in [-0.2, 0) is 10.5 Å². The molecule has 2 amide bonds. The molecule has 3 rings (SSSR count). The Hall–Kier alpha value is -1.49. The molecule has 0 bridgehead atoms. The van der Waals surface area contributed by atoms with Crippen LogP contribution in [0.2, 0.25) is 0 Å². The first kappa shape index (κ1) is 17.3. The molecule has 2 N–H and O–H groups in total. The van der Waals surface area contributed by atoms with Crippen molar-refractivity contribution in [1.82, 2.24) is 4.90 Å². The molecule has 4 nitrogen and oxygen atoms in total. The van der Waals surface area contributed by atoms with Crippen LogP contribution < -0.4 is 5.73 Å². The second-order valence-corrected chi connectivity index (χ2v) is 7.88. The van der Waals surface area contributed by atoms with Crippen LogP contribution in [0.4, 0.5) is 0 Å². The fourth-order valence-corrected chi connectivity index (χ4v) is 4.95. The molecule has 0 unspecified atom stereocenters. The highest BCUT2D eigenvalue weighted by Gasteiger charge is 2.35. The Morgan fingerprint density at radius 1 is 1.17 bits per heavy atom. The summed E-state index contributed by atoms with van der Waals surface area (Å²) in [6.45, 7) is 0.928. The fourth-order valence-electron chi connectivity index (χ4n) is 4.09. The number of fused-ring (bicyclic) bond motifs is 1. The normalized spacial score (nSPS) is 23.6. The molecule has 2 aliphatic rings. The Bertz CT molecular complexity index is 603. The van der Waals surface area contributed by atoms with E-state index in [0.717, 1.165) is 30.2 Å². The van der Waals surface area contributed by atoms with Crippen molar-refractivity contribution in [2.24, 2.45) is 11.7 Å². The molecule has 5 heteroatoms. The fraction of sp³-hybridized carbons (Fsp3) is 0.579. The van der Waals surface area contributed by atoms with E-state index in [2.05, 4.69) is 4.90 Å². The van der Waals surface area contributed by atoms with Gasteiger partial charge in [-0.2, -0.15) is 0 Å². The average molecular weight is 346 g/mol. The van der Waals surface area contributed by atoms with Gasteiger partial charge >= 0.3 is 0 Å². The number of nitrogens with zero attached hydrogens (tertiary/aromatic N) is 1. The predicted molar refractivity (Wildman–Crippen MR) is 97.8 cm³/mol. The van der Waals surface area contributed by atoms with Crippen molar-refractivity contribution < 1.29 is 9.59 Å². The van der Waals surface area contributed by atoms with Gasteiger partial charge in [-0.05, 0) is 49.3 Å². The van der Waals surface area contributed by atoms with Gasteiger partial charge in [0.05, 0.1) is 5.75 Å². The maximum absolute atomic E-state index is 12.6. The monoisotopic (exact) mass is 346 g/mol. The molecular formula is C19H26N2O2S. The lowest BCUT2D eigenvalue weighted by molar-refractivity contribution is -0.134. The number of carbonyl (C=O) groups excluding carboxylic acids is 2. The summed E-state index contributed by atoms with van der Waals surface area (Å²) < 4.78 is 0. The van der Waals surface area contributed by atoms with E-state index >= 15 is 0 Å². The Kier molecular flexibility index (Phi) is 5.82. The molecule has 0 radical (unpaired) electrons. The second kappa shape index (κ2) is 8.06. The lowest BCUT2D eigenvalue weighted by Gasteiger charge is -2.44. The summed E-state index contributed by atoms with van der Waals surface area (Å²) in [5, 5.41) is 0. The predicted octanol–water partition coefficient (Wildman–Crippen LogP) is 3.20. The van der Waals surface area contributed by atoms with E-state index in [9.17, 15) is 9.59 Å². The maximum atomic E-state index is 12.6. The van der Waals surface area contributed by atoms with Crippen molar-refractivity contribution >= 4 is 23.6 Å². The van der Waals surface area contributed by atoms with E-state index in [1.54, 1.807) is 17.8 Å². The Labute approximate surface area is 148 Å². The van der Waals surface area contributed by atoms with Crippen molar-refractivity contribution in [2.45, 2.75) is 50.3 Å². The van der Waals surface area contributed by atoms with Crippen LogP contribution in [0.25, 0.3) is 0 Å². The van der Waals surface area contributed by atoms with Gasteiger partial charge in [-0.25, -0.2) is 0 Å². The molecule has 0 spiro atoms. The summed E-state index contributed by atoms with van der Waals surface area (Å²) in [6.07, 6.45) is 7.51. The van der Waals surface area contributed by atoms with Gasteiger partial charge in [-0.3, -0.25) is 9.59 Å². The number of amides is 2. The summed E-state index contributed by atoms with van der Waals surface area (Å²) in [6, 6.07) is 7.84. The number of nitrogens with two attached hydrogens (primary N) is 1. The third-order valence-corrected chi connectivity index (χ3v) is 6.26. The average Bonchev–Trinajstić information content (AvgIpc) is 2.61.